The molecule has 0 heterocycles. The number of carbonyl (C=O) groups is 1. The van der Waals surface area contributed by atoms with Crippen molar-refractivity contribution in [3.63, 3.8) is 0 Å². The lowest BCUT2D eigenvalue weighted by atomic mass is 9.95. The number of hydrogen-bond donors (Lipinski definition) is 2. The van der Waals surface area contributed by atoms with Gasteiger partial charge in [-0.2, -0.15) is 0 Å². The van der Waals surface area contributed by atoms with Crippen molar-refractivity contribution in [3.05, 3.63) is 35.4 Å². The Morgan fingerprint density at radius 1 is 1.26 bits per heavy atom. The van der Waals surface area contributed by atoms with Crippen molar-refractivity contribution in [2.24, 2.45) is 10.9 Å². The second-order valence-corrected chi connectivity index (χ2v) is 7.49. The number of nitrogens with zero attached hydrogens (tertiary/aromatic N) is 2. The molecule has 1 aromatic rings. The third-order valence-electron chi connectivity index (χ3n) is 4.50. The van der Waals surface area contributed by atoms with E-state index < -0.39 is 11.6 Å². The topological polar surface area (TPSA) is 56.7 Å². The van der Waals surface area contributed by atoms with Crippen molar-refractivity contribution in [2.45, 2.75) is 32.1 Å². The van der Waals surface area contributed by atoms with Crippen LogP contribution in [0.3, 0.4) is 0 Å². The molecule has 2 N–H and O–H groups in total. The molecule has 8 heteroatoms. The fourth-order valence-electron chi connectivity index (χ4n) is 2.63. The molecule has 0 radical (unpaired) electrons. The minimum absolute atomic E-state index is 0. The minimum Gasteiger partial charge on any atom is -0.356 e. The average molecular weight is 494 g/mol. The molecule has 0 saturated heterocycles. The highest BCUT2D eigenvalue weighted by molar-refractivity contribution is 14.0. The van der Waals surface area contributed by atoms with Crippen LogP contribution < -0.4 is 10.6 Å². The number of nitrogens with one attached hydrogen (secondary N) is 2. The van der Waals surface area contributed by atoms with Gasteiger partial charge in [-0.25, -0.2) is 13.8 Å². The second-order valence-electron chi connectivity index (χ2n) is 7.49. The first kappa shape index (κ1) is 23.6. The standard InChI is InChI=1S/C19H28F2N4O.HI/c1-13(2)10-22-18(23-11-17(26)25(3)4)24-12-19(7-8-19)15-6-5-14(20)9-16(15)21;/h5-6,9,13H,7-8,10-12H2,1-4H3,(H2,22,23,24);1H. The Bertz CT molecular complexity index is 676. The van der Waals surface area contributed by atoms with E-state index in [0.29, 0.717) is 30.5 Å². The molecule has 27 heavy (non-hydrogen) atoms. The molecule has 1 aromatic carbocycles. The maximum Gasteiger partial charge on any atom is 0.243 e. The molecule has 5 nitrogen and oxygen atoms in total. The summed E-state index contributed by atoms with van der Waals surface area (Å²) in [4.78, 5) is 17.6. The number of carbonyl (C=O) groups excluding carboxylic acids is 1. The molecule has 1 fully saturated rings. The smallest absolute Gasteiger partial charge is 0.243 e. The zero-order valence-corrected chi connectivity index (χ0v) is 18.6. The first-order chi connectivity index (χ1) is 12.2. The van der Waals surface area contributed by atoms with Gasteiger partial charge in [0, 0.05) is 38.7 Å². The lowest BCUT2D eigenvalue weighted by Gasteiger charge is -2.20. The van der Waals surface area contributed by atoms with E-state index in [9.17, 15) is 13.6 Å². The molecule has 0 bridgehead atoms. The van der Waals surface area contributed by atoms with Crippen LogP contribution in [0.2, 0.25) is 0 Å². The number of hydrogen-bond acceptors (Lipinski definition) is 2. The van der Waals surface area contributed by atoms with Crippen molar-refractivity contribution in [1.29, 1.82) is 0 Å². The number of aliphatic imine (C=N–C) groups is 1. The van der Waals surface area contributed by atoms with Crippen molar-refractivity contribution in [1.82, 2.24) is 15.5 Å². The SMILES string of the molecule is CC(C)CNC(=NCC(=O)N(C)C)NCC1(c2ccc(F)cc2F)CC1.I. The lowest BCUT2D eigenvalue weighted by Crippen LogP contribution is -2.43. The van der Waals surface area contributed by atoms with Gasteiger partial charge in [-0.3, -0.25) is 4.79 Å². The first-order valence-electron chi connectivity index (χ1n) is 8.91. The van der Waals surface area contributed by atoms with Crippen LogP contribution in [0.25, 0.3) is 0 Å². The second kappa shape index (κ2) is 10.2. The van der Waals surface area contributed by atoms with E-state index in [4.69, 9.17) is 0 Å². The largest absolute Gasteiger partial charge is 0.356 e. The third-order valence-corrected chi connectivity index (χ3v) is 4.50. The summed E-state index contributed by atoms with van der Waals surface area (Å²) < 4.78 is 27.3. The van der Waals surface area contributed by atoms with Gasteiger partial charge in [-0.1, -0.05) is 19.9 Å². The van der Waals surface area contributed by atoms with Gasteiger partial charge in [0.1, 0.15) is 18.2 Å². The van der Waals surface area contributed by atoms with E-state index in [0.717, 1.165) is 18.9 Å². The number of guanidine groups is 1. The molecule has 0 aromatic heterocycles. The summed E-state index contributed by atoms with van der Waals surface area (Å²) in [6, 6.07) is 3.74. The molecule has 0 unspecified atom stereocenters. The Kier molecular flexibility index (Phi) is 8.90. The summed E-state index contributed by atoms with van der Waals surface area (Å²) in [5.41, 5.74) is 0.183. The van der Waals surface area contributed by atoms with Crippen molar-refractivity contribution >= 4 is 35.8 Å². The molecular weight excluding hydrogens is 465 g/mol. The minimum atomic E-state index is -0.571. The molecule has 1 saturated carbocycles. The van der Waals surface area contributed by atoms with Gasteiger partial charge in [0.15, 0.2) is 5.96 Å². The summed E-state index contributed by atoms with van der Waals surface area (Å²) in [5, 5.41) is 6.42. The van der Waals surface area contributed by atoms with Crippen molar-refractivity contribution < 1.29 is 13.6 Å². The number of likely N-dealkylation sites (N-methyl/N-ethyl adjacent to an activating group) is 1. The fourth-order valence-corrected chi connectivity index (χ4v) is 2.63. The Morgan fingerprint density at radius 2 is 1.93 bits per heavy atom. The van der Waals surface area contributed by atoms with E-state index in [-0.39, 0.29) is 41.8 Å². The molecule has 2 rings (SSSR count). The van der Waals surface area contributed by atoms with E-state index >= 15 is 0 Å². The van der Waals surface area contributed by atoms with Crippen molar-refractivity contribution in [2.75, 3.05) is 33.7 Å². The van der Waals surface area contributed by atoms with Gasteiger partial charge in [-0.15, -0.1) is 24.0 Å². The molecule has 0 atom stereocenters. The van der Waals surface area contributed by atoms with Gasteiger partial charge in [0.05, 0.1) is 0 Å². The normalized spacial score (nSPS) is 15.1. The van der Waals surface area contributed by atoms with Crippen LogP contribution in [-0.4, -0.2) is 50.5 Å². The van der Waals surface area contributed by atoms with Crippen LogP contribution >= 0.6 is 24.0 Å². The van der Waals surface area contributed by atoms with Gasteiger partial charge >= 0.3 is 0 Å². The van der Waals surface area contributed by atoms with Gasteiger partial charge in [0.2, 0.25) is 5.91 Å². The van der Waals surface area contributed by atoms with E-state index in [1.165, 1.54) is 17.0 Å². The molecule has 152 valence electrons. The van der Waals surface area contributed by atoms with Crippen LogP contribution in [0.15, 0.2) is 23.2 Å². The molecule has 1 aliphatic rings. The maximum atomic E-state index is 14.1. The zero-order chi connectivity index (χ0) is 19.3. The van der Waals surface area contributed by atoms with Crippen molar-refractivity contribution in [3.8, 4) is 0 Å². The van der Waals surface area contributed by atoms with E-state index in [1.807, 2.05) is 0 Å². The summed E-state index contributed by atoms with van der Waals surface area (Å²) in [6.07, 6.45) is 1.66. The number of amides is 1. The highest BCUT2D eigenvalue weighted by Crippen LogP contribution is 2.48. The van der Waals surface area contributed by atoms with Crippen LogP contribution in [0.5, 0.6) is 0 Å². The summed E-state index contributed by atoms with van der Waals surface area (Å²) in [7, 11) is 3.37. The highest BCUT2D eigenvalue weighted by Gasteiger charge is 2.46. The van der Waals surface area contributed by atoms with Crippen LogP contribution in [0.4, 0.5) is 8.78 Å². The Labute approximate surface area is 177 Å². The van der Waals surface area contributed by atoms with Crippen LogP contribution in [0, 0.1) is 17.6 Å². The number of rotatable bonds is 7. The zero-order valence-electron chi connectivity index (χ0n) is 16.3. The fraction of sp³-hybridized carbons (Fsp3) is 0.579. The molecule has 1 aliphatic carbocycles. The molecule has 0 spiro atoms. The summed E-state index contributed by atoms with van der Waals surface area (Å²) >= 11 is 0. The van der Waals surface area contributed by atoms with E-state index in [2.05, 4.69) is 29.5 Å². The van der Waals surface area contributed by atoms with Crippen LogP contribution in [0.1, 0.15) is 32.3 Å². The summed E-state index contributed by atoms with van der Waals surface area (Å²) in [6.45, 7) is 5.38. The lowest BCUT2D eigenvalue weighted by molar-refractivity contribution is -0.127. The predicted octanol–water partition coefficient (Wildman–Crippen LogP) is 2.89. The maximum absolute atomic E-state index is 14.1. The average Bonchev–Trinajstić information content (AvgIpc) is 3.34. The van der Waals surface area contributed by atoms with Crippen LogP contribution in [-0.2, 0) is 10.2 Å². The Balaban J connectivity index is 0.00000364. The quantitative estimate of drug-likeness (QED) is 0.348. The number of halogens is 3. The molecular formula is C19H29F2IN4O. The summed E-state index contributed by atoms with van der Waals surface area (Å²) in [5.74, 6) is -0.237. The molecule has 0 aliphatic heterocycles. The third kappa shape index (κ3) is 6.90. The van der Waals surface area contributed by atoms with E-state index in [1.54, 1.807) is 14.1 Å². The highest BCUT2D eigenvalue weighted by atomic mass is 127. The number of benzene rings is 1. The monoisotopic (exact) mass is 494 g/mol. The first-order valence-corrected chi connectivity index (χ1v) is 8.91. The Hall–Kier alpha value is -1.45. The van der Waals surface area contributed by atoms with Gasteiger partial charge in [-0.05, 0) is 30.4 Å². The van der Waals surface area contributed by atoms with Gasteiger partial charge < -0.3 is 15.5 Å². The Morgan fingerprint density at radius 3 is 2.44 bits per heavy atom. The molecule has 1 amide bonds. The predicted molar refractivity (Wildman–Crippen MR) is 115 cm³/mol. The van der Waals surface area contributed by atoms with Gasteiger partial charge in [0.25, 0.3) is 0 Å².